The first-order valence-electron chi connectivity index (χ1n) is 7.49. The zero-order valence-electron chi connectivity index (χ0n) is 12.2. The minimum atomic E-state index is 0.390. The van der Waals surface area contributed by atoms with Crippen molar-refractivity contribution in [3.05, 3.63) is 23.1 Å². The molecule has 1 aliphatic heterocycles. The van der Waals surface area contributed by atoms with Crippen LogP contribution < -0.4 is 0 Å². The maximum absolute atomic E-state index is 6.05. The second-order valence-electron chi connectivity index (χ2n) is 5.71. The normalized spacial score (nSPS) is 18.2. The van der Waals surface area contributed by atoms with E-state index < -0.39 is 0 Å². The fourth-order valence-corrected chi connectivity index (χ4v) is 3.42. The first-order valence-corrected chi connectivity index (χ1v) is 8.41. The molecule has 0 aliphatic carbocycles. The summed E-state index contributed by atoms with van der Waals surface area (Å²) in [6.07, 6.45) is 5.62. The van der Waals surface area contributed by atoms with Crippen LogP contribution >= 0.6 is 23.2 Å². The van der Waals surface area contributed by atoms with Gasteiger partial charge >= 0.3 is 0 Å². The summed E-state index contributed by atoms with van der Waals surface area (Å²) in [5.74, 6) is 1.26. The lowest BCUT2D eigenvalue weighted by Crippen LogP contribution is -2.40. The second-order valence-corrected chi connectivity index (χ2v) is 6.42. The summed E-state index contributed by atoms with van der Waals surface area (Å²) in [5, 5.41) is 0.609. The molecule has 1 aliphatic rings. The third kappa shape index (κ3) is 3.17. The van der Waals surface area contributed by atoms with Crippen LogP contribution in [0.2, 0.25) is 5.02 Å². The van der Waals surface area contributed by atoms with Crippen molar-refractivity contribution in [1.82, 2.24) is 19.4 Å². The van der Waals surface area contributed by atoms with Crippen molar-refractivity contribution in [1.29, 1.82) is 0 Å². The minimum Gasteiger partial charge on any atom is -0.310 e. The molecule has 1 atom stereocenters. The van der Waals surface area contributed by atoms with E-state index >= 15 is 0 Å². The highest BCUT2D eigenvalue weighted by Gasteiger charge is 2.20. The Kier molecular flexibility index (Phi) is 4.67. The van der Waals surface area contributed by atoms with E-state index in [4.69, 9.17) is 23.2 Å². The predicted octanol–water partition coefficient (Wildman–Crippen LogP) is 3.70. The van der Waals surface area contributed by atoms with E-state index in [-0.39, 0.29) is 0 Å². The highest BCUT2D eigenvalue weighted by Crippen LogP contribution is 2.21. The number of rotatable bonds is 4. The largest absolute Gasteiger partial charge is 0.310 e. The molecule has 1 fully saturated rings. The lowest BCUT2D eigenvalue weighted by molar-refractivity contribution is 0.160. The number of likely N-dealkylation sites (tertiary alicyclic amines) is 1. The zero-order chi connectivity index (χ0) is 14.8. The van der Waals surface area contributed by atoms with Crippen LogP contribution in [0.5, 0.6) is 0 Å². The van der Waals surface area contributed by atoms with Crippen LogP contribution in [0.3, 0.4) is 0 Å². The van der Waals surface area contributed by atoms with Gasteiger partial charge in [-0.05, 0) is 38.9 Å². The molecule has 0 bridgehead atoms. The molecule has 0 saturated carbocycles. The summed E-state index contributed by atoms with van der Waals surface area (Å²) in [6, 6.07) is 2.31. The summed E-state index contributed by atoms with van der Waals surface area (Å²) in [5.41, 5.74) is 1.70. The standard InChI is InChI=1S/C15H20Cl2N4/c1-11(20-5-3-2-4-6-20)10-21-14(8-16)19-13-7-12(17)9-18-15(13)21/h7,9,11H,2-6,8,10H2,1H3. The van der Waals surface area contributed by atoms with E-state index in [1.165, 1.54) is 32.4 Å². The zero-order valence-corrected chi connectivity index (χ0v) is 13.7. The molecule has 21 heavy (non-hydrogen) atoms. The molecule has 114 valence electrons. The van der Waals surface area contributed by atoms with Gasteiger partial charge in [-0.15, -0.1) is 11.6 Å². The van der Waals surface area contributed by atoms with Gasteiger partial charge in [-0.1, -0.05) is 18.0 Å². The van der Waals surface area contributed by atoms with Gasteiger partial charge < -0.3 is 4.57 Å². The van der Waals surface area contributed by atoms with Crippen molar-refractivity contribution in [3.63, 3.8) is 0 Å². The van der Waals surface area contributed by atoms with E-state index in [0.717, 1.165) is 23.5 Å². The summed E-state index contributed by atoms with van der Waals surface area (Å²) in [6.45, 7) is 5.50. The molecule has 1 unspecified atom stereocenters. The van der Waals surface area contributed by atoms with Crippen LogP contribution in [0.4, 0.5) is 0 Å². The molecule has 3 heterocycles. The first kappa shape index (κ1) is 15.1. The van der Waals surface area contributed by atoms with Gasteiger partial charge in [-0.3, -0.25) is 4.90 Å². The molecular weight excluding hydrogens is 307 g/mol. The SMILES string of the molecule is CC(Cn1c(CCl)nc2cc(Cl)cnc21)N1CCCCC1. The Labute approximate surface area is 135 Å². The van der Waals surface area contributed by atoms with Gasteiger partial charge in [0.05, 0.1) is 10.9 Å². The summed E-state index contributed by atoms with van der Waals surface area (Å²) >= 11 is 12.1. The van der Waals surface area contributed by atoms with Crippen LogP contribution in [0.1, 0.15) is 32.0 Å². The quantitative estimate of drug-likeness (QED) is 0.803. The Morgan fingerprint density at radius 2 is 2.05 bits per heavy atom. The molecule has 0 N–H and O–H groups in total. The fourth-order valence-electron chi connectivity index (χ4n) is 3.07. The number of aromatic nitrogens is 3. The molecule has 6 heteroatoms. The Morgan fingerprint density at radius 1 is 1.29 bits per heavy atom. The van der Waals surface area contributed by atoms with Crippen molar-refractivity contribution in [2.75, 3.05) is 13.1 Å². The Bertz CT molecular complexity index is 619. The Morgan fingerprint density at radius 3 is 2.76 bits per heavy atom. The third-order valence-electron chi connectivity index (χ3n) is 4.21. The van der Waals surface area contributed by atoms with Crippen LogP contribution in [0, 0.1) is 0 Å². The number of imidazole rings is 1. The Hall–Kier alpha value is -0.840. The summed E-state index contributed by atoms with van der Waals surface area (Å²) in [7, 11) is 0. The van der Waals surface area contributed by atoms with Crippen molar-refractivity contribution in [2.24, 2.45) is 0 Å². The van der Waals surface area contributed by atoms with Crippen LogP contribution in [-0.4, -0.2) is 38.6 Å². The molecular formula is C15H20Cl2N4. The van der Waals surface area contributed by atoms with E-state index in [2.05, 4.69) is 26.4 Å². The maximum atomic E-state index is 6.05. The van der Waals surface area contributed by atoms with E-state index in [1.54, 1.807) is 6.20 Å². The highest BCUT2D eigenvalue weighted by atomic mass is 35.5. The average molecular weight is 327 g/mol. The van der Waals surface area contributed by atoms with Gasteiger partial charge in [0.2, 0.25) is 0 Å². The fraction of sp³-hybridized carbons (Fsp3) is 0.600. The number of piperidine rings is 1. The molecule has 0 radical (unpaired) electrons. The molecule has 4 nitrogen and oxygen atoms in total. The van der Waals surface area contributed by atoms with E-state index in [9.17, 15) is 0 Å². The molecule has 2 aromatic heterocycles. The van der Waals surface area contributed by atoms with Crippen LogP contribution in [-0.2, 0) is 12.4 Å². The molecule has 0 amide bonds. The van der Waals surface area contributed by atoms with E-state index in [0.29, 0.717) is 16.9 Å². The Balaban J connectivity index is 1.88. The topological polar surface area (TPSA) is 34.0 Å². The minimum absolute atomic E-state index is 0.390. The summed E-state index contributed by atoms with van der Waals surface area (Å²) < 4.78 is 2.14. The van der Waals surface area contributed by atoms with Crippen molar-refractivity contribution in [2.45, 2.75) is 44.7 Å². The predicted molar refractivity (Wildman–Crippen MR) is 87.0 cm³/mol. The number of hydrogen-bond donors (Lipinski definition) is 0. The van der Waals surface area contributed by atoms with Crippen LogP contribution in [0.25, 0.3) is 11.2 Å². The number of hydrogen-bond acceptors (Lipinski definition) is 3. The average Bonchev–Trinajstić information content (AvgIpc) is 2.85. The van der Waals surface area contributed by atoms with Gasteiger partial charge in [0.1, 0.15) is 11.3 Å². The smallest absolute Gasteiger partial charge is 0.160 e. The molecule has 0 spiro atoms. The molecule has 0 aromatic carbocycles. The number of alkyl halides is 1. The van der Waals surface area contributed by atoms with Gasteiger partial charge in [-0.2, -0.15) is 0 Å². The summed E-state index contributed by atoms with van der Waals surface area (Å²) in [4.78, 5) is 11.5. The third-order valence-corrected chi connectivity index (χ3v) is 4.66. The lowest BCUT2D eigenvalue weighted by Gasteiger charge is -2.32. The monoisotopic (exact) mass is 326 g/mol. The van der Waals surface area contributed by atoms with Crippen molar-refractivity contribution in [3.8, 4) is 0 Å². The maximum Gasteiger partial charge on any atom is 0.160 e. The molecule has 2 aromatic rings. The van der Waals surface area contributed by atoms with Gasteiger partial charge in [0.15, 0.2) is 5.65 Å². The number of fused-ring (bicyclic) bond motifs is 1. The van der Waals surface area contributed by atoms with Gasteiger partial charge in [-0.25, -0.2) is 9.97 Å². The first-order chi connectivity index (χ1) is 10.2. The molecule has 1 saturated heterocycles. The van der Waals surface area contributed by atoms with Crippen LogP contribution in [0.15, 0.2) is 12.3 Å². The molecule has 3 rings (SSSR count). The van der Waals surface area contributed by atoms with Crippen molar-refractivity contribution < 1.29 is 0 Å². The highest BCUT2D eigenvalue weighted by molar-refractivity contribution is 6.31. The lowest BCUT2D eigenvalue weighted by atomic mass is 10.1. The number of pyridine rings is 1. The van der Waals surface area contributed by atoms with E-state index in [1.807, 2.05) is 6.07 Å². The second kappa shape index (κ2) is 6.51. The number of nitrogens with zero attached hydrogens (tertiary/aromatic N) is 4. The number of halogens is 2. The van der Waals surface area contributed by atoms with Gasteiger partial charge in [0.25, 0.3) is 0 Å². The van der Waals surface area contributed by atoms with Crippen molar-refractivity contribution >= 4 is 34.4 Å². The van der Waals surface area contributed by atoms with Gasteiger partial charge in [0, 0.05) is 18.8 Å².